The molecule has 1 aliphatic carbocycles. The van der Waals surface area contributed by atoms with Gasteiger partial charge in [-0.2, -0.15) is 0 Å². The summed E-state index contributed by atoms with van der Waals surface area (Å²) < 4.78 is 5.70. The van der Waals surface area contributed by atoms with Crippen molar-refractivity contribution in [2.45, 2.75) is 30.3 Å². The van der Waals surface area contributed by atoms with Gasteiger partial charge < -0.3 is 40.5 Å². The summed E-state index contributed by atoms with van der Waals surface area (Å²) in [4.78, 5) is 14.4. The zero-order valence-corrected chi connectivity index (χ0v) is 18.8. The molecule has 0 spiro atoms. The van der Waals surface area contributed by atoms with Crippen molar-refractivity contribution in [3.8, 4) is 11.1 Å². The summed E-state index contributed by atoms with van der Waals surface area (Å²) in [6.45, 7) is 0.816. The second-order valence-electron chi connectivity index (χ2n) is 9.03. The number of ether oxygens (including phenoxy) is 1. The van der Waals surface area contributed by atoms with Crippen molar-refractivity contribution in [1.82, 2.24) is 10.2 Å². The van der Waals surface area contributed by atoms with Crippen LogP contribution in [0.2, 0.25) is 0 Å². The van der Waals surface area contributed by atoms with Gasteiger partial charge in [-0.15, -0.1) is 0 Å². The van der Waals surface area contributed by atoms with E-state index in [9.17, 15) is 25.2 Å². The van der Waals surface area contributed by atoms with Crippen molar-refractivity contribution >= 4 is 6.09 Å². The van der Waals surface area contributed by atoms with Crippen LogP contribution in [-0.2, 0) is 4.74 Å². The van der Waals surface area contributed by atoms with E-state index in [1.807, 2.05) is 36.4 Å². The molecule has 4 rings (SSSR count). The molecule has 4 atom stereocenters. The number of amides is 1. The lowest BCUT2D eigenvalue weighted by Gasteiger charge is -2.35. The van der Waals surface area contributed by atoms with Crippen LogP contribution in [0.4, 0.5) is 4.79 Å². The molecule has 0 aromatic heterocycles. The number of hydrogen-bond acceptors (Lipinski definition) is 8. The van der Waals surface area contributed by atoms with Crippen LogP contribution in [0.1, 0.15) is 17.0 Å². The fraction of sp³-hybridized carbons (Fsp3) is 0.480. The third kappa shape index (κ3) is 5.10. The largest absolute Gasteiger partial charge is 0.448 e. The van der Waals surface area contributed by atoms with Gasteiger partial charge in [0.05, 0.1) is 13.2 Å². The minimum Gasteiger partial charge on any atom is -0.448 e. The Hall–Kier alpha value is -2.53. The molecule has 2 aromatic rings. The van der Waals surface area contributed by atoms with Crippen molar-refractivity contribution in [3.63, 3.8) is 0 Å². The molecule has 184 valence electrons. The molecule has 1 amide bonds. The van der Waals surface area contributed by atoms with Crippen LogP contribution in [0.5, 0.6) is 0 Å². The first kappa shape index (κ1) is 24.6. The molecule has 0 saturated carbocycles. The number of carbonyl (C=O) groups is 1. The van der Waals surface area contributed by atoms with Gasteiger partial charge in [-0.05, 0) is 22.3 Å². The van der Waals surface area contributed by atoms with Gasteiger partial charge in [0.25, 0.3) is 0 Å². The van der Waals surface area contributed by atoms with Crippen LogP contribution < -0.4 is 5.32 Å². The third-order valence-corrected chi connectivity index (χ3v) is 6.67. The quantitative estimate of drug-likeness (QED) is 0.281. The highest BCUT2D eigenvalue weighted by atomic mass is 16.6. The number of carbonyl (C=O) groups excluding carboxylic acids is 1. The minimum atomic E-state index is -1.75. The van der Waals surface area contributed by atoms with Gasteiger partial charge in [0.1, 0.15) is 31.0 Å². The maximum absolute atomic E-state index is 13.1. The molecule has 9 heteroatoms. The van der Waals surface area contributed by atoms with E-state index < -0.39 is 37.1 Å². The van der Waals surface area contributed by atoms with E-state index in [1.165, 1.54) is 4.90 Å². The molecule has 0 bridgehead atoms. The van der Waals surface area contributed by atoms with Crippen LogP contribution in [0.25, 0.3) is 11.1 Å². The number of fused-ring (bicyclic) bond motifs is 3. The lowest BCUT2D eigenvalue weighted by molar-refractivity contribution is -0.119. The van der Waals surface area contributed by atoms with E-state index in [-0.39, 0.29) is 25.0 Å². The number of aliphatic hydroxyl groups is 5. The van der Waals surface area contributed by atoms with Crippen molar-refractivity contribution in [2.24, 2.45) is 5.92 Å². The summed E-state index contributed by atoms with van der Waals surface area (Å²) in [7, 11) is 0. The standard InChI is InChI=1S/C25H32N2O7/c28-13-22(30)24(32)23(31)21(29)12-27(11-15-9-26-10-15)25(33)34-14-20-18-7-3-1-5-16(18)17-6-2-4-8-19(17)20/h1-8,15,20-24,26,28-32H,9-14H2/t21-,22+,23+,24+/m0/s1. The Kier molecular flexibility index (Phi) is 7.82. The molecule has 0 unspecified atom stereocenters. The number of hydrogen-bond donors (Lipinski definition) is 6. The first-order valence-corrected chi connectivity index (χ1v) is 11.5. The van der Waals surface area contributed by atoms with Crippen molar-refractivity contribution in [3.05, 3.63) is 59.7 Å². The average molecular weight is 473 g/mol. The smallest absolute Gasteiger partial charge is 0.409 e. The molecule has 2 aromatic carbocycles. The number of rotatable bonds is 10. The highest BCUT2D eigenvalue weighted by Crippen LogP contribution is 2.44. The Labute approximate surface area is 198 Å². The van der Waals surface area contributed by atoms with Crippen molar-refractivity contribution in [2.75, 3.05) is 39.4 Å². The van der Waals surface area contributed by atoms with E-state index in [0.717, 1.165) is 35.3 Å². The maximum atomic E-state index is 13.1. The maximum Gasteiger partial charge on any atom is 0.409 e. The summed E-state index contributed by atoms with van der Waals surface area (Å²) in [6.07, 6.45) is -7.27. The van der Waals surface area contributed by atoms with Crippen LogP contribution in [0.3, 0.4) is 0 Å². The van der Waals surface area contributed by atoms with Gasteiger partial charge in [-0.3, -0.25) is 0 Å². The predicted octanol–water partition coefficient (Wildman–Crippen LogP) is -0.107. The molecule has 6 N–H and O–H groups in total. The number of aliphatic hydroxyl groups excluding tert-OH is 5. The number of nitrogens with one attached hydrogen (secondary N) is 1. The molecule has 1 heterocycles. The Morgan fingerprint density at radius 3 is 2.03 bits per heavy atom. The molecular weight excluding hydrogens is 440 g/mol. The Bertz CT molecular complexity index is 938. The second kappa shape index (κ2) is 10.8. The molecule has 1 aliphatic heterocycles. The van der Waals surface area contributed by atoms with E-state index in [1.54, 1.807) is 0 Å². The third-order valence-electron chi connectivity index (χ3n) is 6.67. The number of benzene rings is 2. The van der Waals surface area contributed by atoms with E-state index in [4.69, 9.17) is 9.84 Å². The fourth-order valence-electron chi connectivity index (χ4n) is 4.60. The van der Waals surface area contributed by atoms with Gasteiger partial charge in [-0.25, -0.2) is 4.79 Å². The fourth-order valence-corrected chi connectivity index (χ4v) is 4.60. The van der Waals surface area contributed by atoms with E-state index in [0.29, 0.717) is 6.54 Å². The SMILES string of the molecule is O=C(OCC1c2ccccc2-c2ccccc21)N(CC1CNC1)C[C@H](O)[C@@H](O)[C@H](O)[C@H](O)CO. The number of nitrogens with zero attached hydrogens (tertiary/aromatic N) is 1. The van der Waals surface area contributed by atoms with E-state index >= 15 is 0 Å². The highest BCUT2D eigenvalue weighted by molar-refractivity contribution is 5.79. The first-order valence-electron chi connectivity index (χ1n) is 11.5. The van der Waals surface area contributed by atoms with Crippen LogP contribution in [0.15, 0.2) is 48.5 Å². The lowest BCUT2D eigenvalue weighted by Crippen LogP contribution is -2.54. The molecule has 1 fully saturated rings. The Morgan fingerprint density at radius 1 is 0.941 bits per heavy atom. The zero-order valence-electron chi connectivity index (χ0n) is 18.8. The van der Waals surface area contributed by atoms with Crippen LogP contribution in [-0.4, -0.2) is 100 Å². The van der Waals surface area contributed by atoms with Gasteiger partial charge in [0, 0.05) is 31.5 Å². The monoisotopic (exact) mass is 472 g/mol. The van der Waals surface area contributed by atoms with Gasteiger partial charge in [0.15, 0.2) is 0 Å². The molecular formula is C25H32N2O7. The van der Waals surface area contributed by atoms with Gasteiger partial charge >= 0.3 is 6.09 Å². The lowest BCUT2D eigenvalue weighted by atomic mass is 9.98. The Balaban J connectivity index is 1.44. The minimum absolute atomic E-state index is 0.111. The van der Waals surface area contributed by atoms with Gasteiger partial charge in [-0.1, -0.05) is 48.5 Å². The normalized spacial score (nSPS) is 18.9. The van der Waals surface area contributed by atoms with Crippen LogP contribution >= 0.6 is 0 Å². The molecule has 2 aliphatic rings. The molecule has 0 radical (unpaired) electrons. The molecule has 9 nitrogen and oxygen atoms in total. The van der Waals surface area contributed by atoms with Gasteiger partial charge in [0.2, 0.25) is 0 Å². The summed E-state index contributed by atoms with van der Waals surface area (Å²) in [5, 5.41) is 52.2. The summed E-state index contributed by atoms with van der Waals surface area (Å²) >= 11 is 0. The summed E-state index contributed by atoms with van der Waals surface area (Å²) in [6, 6.07) is 16.0. The zero-order chi connectivity index (χ0) is 24.2. The Morgan fingerprint density at radius 2 is 1.50 bits per heavy atom. The van der Waals surface area contributed by atoms with Crippen LogP contribution in [0, 0.1) is 5.92 Å². The topological polar surface area (TPSA) is 143 Å². The van der Waals surface area contributed by atoms with Crippen molar-refractivity contribution in [1.29, 1.82) is 0 Å². The molecule has 34 heavy (non-hydrogen) atoms. The molecule has 1 saturated heterocycles. The second-order valence-corrected chi connectivity index (χ2v) is 9.03. The van der Waals surface area contributed by atoms with E-state index in [2.05, 4.69) is 17.4 Å². The average Bonchev–Trinajstić information content (AvgIpc) is 3.16. The summed E-state index contributed by atoms with van der Waals surface area (Å²) in [5.41, 5.74) is 4.41. The summed E-state index contributed by atoms with van der Waals surface area (Å²) in [5.74, 6) is 0.0680. The van der Waals surface area contributed by atoms with Crippen molar-refractivity contribution < 1.29 is 35.1 Å². The highest BCUT2D eigenvalue weighted by Gasteiger charge is 2.35. The predicted molar refractivity (Wildman–Crippen MR) is 124 cm³/mol. The first-order chi connectivity index (χ1) is 16.4.